The van der Waals surface area contributed by atoms with Crippen LogP contribution >= 0.6 is 0 Å². The Bertz CT molecular complexity index is 370. The van der Waals surface area contributed by atoms with Crippen LogP contribution in [0, 0.1) is 16.2 Å². The average molecular weight is 326 g/mol. The molecule has 0 saturated heterocycles. The molecule has 1 amide bonds. The van der Waals surface area contributed by atoms with Crippen molar-refractivity contribution in [2.24, 2.45) is 16.2 Å². The number of nitrogens with one attached hydrogen (secondary N) is 1. The summed E-state index contributed by atoms with van der Waals surface area (Å²) in [6, 6.07) is 0. The standard InChI is InChI=1S/C20H39NO2/c1-18(2,3)15-21-17(22)20(7,8)13-11-9-10-12-14-23-16-19(4,5)6/h11,13H,9-10,12,14-16H2,1-8H3,(H,21,22)/b13-11+. The minimum atomic E-state index is -0.450. The number of hydrogen-bond donors (Lipinski definition) is 1. The lowest BCUT2D eigenvalue weighted by Crippen LogP contribution is -2.40. The smallest absolute Gasteiger partial charge is 0.229 e. The quantitative estimate of drug-likeness (QED) is 0.480. The van der Waals surface area contributed by atoms with E-state index in [0.717, 1.165) is 32.5 Å². The minimum Gasteiger partial charge on any atom is -0.381 e. The Morgan fingerprint density at radius 2 is 1.57 bits per heavy atom. The first kappa shape index (κ1) is 22.2. The molecule has 3 nitrogen and oxygen atoms in total. The summed E-state index contributed by atoms with van der Waals surface area (Å²) in [5.74, 6) is 0.0946. The second-order valence-corrected chi connectivity index (χ2v) is 9.48. The van der Waals surface area contributed by atoms with Crippen molar-refractivity contribution in [2.75, 3.05) is 19.8 Å². The van der Waals surface area contributed by atoms with Gasteiger partial charge in [-0.25, -0.2) is 0 Å². The maximum absolute atomic E-state index is 12.2. The van der Waals surface area contributed by atoms with E-state index in [0.29, 0.717) is 6.54 Å². The van der Waals surface area contributed by atoms with Gasteiger partial charge >= 0.3 is 0 Å². The maximum Gasteiger partial charge on any atom is 0.229 e. The Hall–Kier alpha value is -0.830. The normalized spacial score (nSPS) is 13.6. The maximum atomic E-state index is 12.2. The lowest BCUT2D eigenvalue weighted by molar-refractivity contribution is -0.127. The molecule has 0 radical (unpaired) electrons. The zero-order chi connectivity index (χ0) is 18.1. The minimum absolute atomic E-state index is 0.0946. The van der Waals surface area contributed by atoms with Gasteiger partial charge in [0.05, 0.1) is 12.0 Å². The van der Waals surface area contributed by atoms with E-state index in [4.69, 9.17) is 4.74 Å². The van der Waals surface area contributed by atoms with Gasteiger partial charge in [0.25, 0.3) is 0 Å². The van der Waals surface area contributed by atoms with E-state index >= 15 is 0 Å². The summed E-state index contributed by atoms with van der Waals surface area (Å²) in [6.07, 6.45) is 7.31. The second-order valence-electron chi connectivity index (χ2n) is 9.48. The molecule has 0 atom stereocenters. The number of allylic oxidation sites excluding steroid dienone is 1. The number of amides is 1. The Morgan fingerprint density at radius 3 is 2.09 bits per heavy atom. The average Bonchev–Trinajstić information content (AvgIpc) is 2.36. The molecule has 1 N–H and O–H groups in total. The van der Waals surface area contributed by atoms with E-state index < -0.39 is 5.41 Å². The molecule has 0 unspecified atom stereocenters. The van der Waals surface area contributed by atoms with E-state index in [9.17, 15) is 4.79 Å². The van der Waals surface area contributed by atoms with Crippen LogP contribution in [0.3, 0.4) is 0 Å². The number of hydrogen-bond acceptors (Lipinski definition) is 2. The van der Waals surface area contributed by atoms with Gasteiger partial charge in [-0.15, -0.1) is 0 Å². The van der Waals surface area contributed by atoms with Gasteiger partial charge in [0, 0.05) is 13.2 Å². The molecule has 0 saturated carbocycles. The molecule has 0 heterocycles. The van der Waals surface area contributed by atoms with E-state index in [2.05, 4.69) is 52.9 Å². The first-order valence-electron chi connectivity index (χ1n) is 8.87. The number of unbranched alkanes of at least 4 members (excludes halogenated alkanes) is 2. The topological polar surface area (TPSA) is 38.3 Å². The third-order valence-corrected chi connectivity index (χ3v) is 3.34. The number of rotatable bonds is 9. The van der Waals surface area contributed by atoms with Crippen molar-refractivity contribution in [1.82, 2.24) is 5.32 Å². The van der Waals surface area contributed by atoms with E-state index in [1.165, 1.54) is 0 Å². The molecule has 0 rings (SSSR count). The van der Waals surface area contributed by atoms with Crippen LogP contribution in [0.5, 0.6) is 0 Å². The van der Waals surface area contributed by atoms with Gasteiger partial charge in [-0.05, 0) is 43.9 Å². The van der Waals surface area contributed by atoms with Crippen LogP contribution in [0.15, 0.2) is 12.2 Å². The predicted octanol–water partition coefficient (Wildman–Crippen LogP) is 4.96. The highest BCUT2D eigenvalue weighted by Gasteiger charge is 2.25. The predicted molar refractivity (Wildman–Crippen MR) is 99.5 cm³/mol. The molecule has 0 aliphatic carbocycles. The van der Waals surface area contributed by atoms with Gasteiger partial charge in [0.1, 0.15) is 0 Å². The zero-order valence-electron chi connectivity index (χ0n) is 16.7. The van der Waals surface area contributed by atoms with Crippen molar-refractivity contribution in [3.05, 3.63) is 12.2 Å². The Labute approximate surface area is 144 Å². The van der Waals surface area contributed by atoms with Crippen LogP contribution in [0.2, 0.25) is 0 Å². The van der Waals surface area contributed by atoms with Crippen molar-refractivity contribution in [3.63, 3.8) is 0 Å². The van der Waals surface area contributed by atoms with E-state index in [1.54, 1.807) is 0 Å². The van der Waals surface area contributed by atoms with Crippen LogP contribution in [0.1, 0.15) is 74.7 Å². The van der Waals surface area contributed by atoms with Crippen molar-refractivity contribution in [3.8, 4) is 0 Å². The molecule has 23 heavy (non-hydrogen) atoms. The fourth-order valence-electron chi connectivity index (χ4n) is 1.87. The molecule has 0 bridgehead atoms. The molecule has 136 valence electrons. The Balaban J connectivity index is 3.93. The van der Waals surface area contributed by atoms with Gasteiger partial charge in [0.2, 0.25) is 5.91 Å². The molecule has 0 aliphatic rings. The molecular weight excluding hydrogens is 286 g/mol. The van der Waals surface area contributed by atoms with Crippen molar-refractivity contribution < 1.29 is 9.53 Å². The largest absolute Gasteiger partial charge is 0.381 e. The Morgan fingerprint density at radius 1 is 0.957 bits per heavy atom. The summed E-state index contributed by atoms with van der Waals surface area (Å²) in [6.45, 7) is 19.2. The molecular formula is C20H39NO2. The monoisotopic (exact) mass is 325 g/mol. The van der Waals surface area contributed by atoms with Crippen molar-refractivity contribution in [2.45, 2.75) is 74.7 Å². The van der Waals surface area contributed by atoms with Gasteiger partial charge in [0.15, 0.2) is 0 Å². The Kier molecular flexibility index (Phi) is 9.12. The van der Waals surface area contributed by atoms with E-state index in [1.807, 2.05) is 19.9 Å². The number of carbonyl (C=O) groups is 1. The van der Waals surface area contributed by atoms with Gasteiger partial charge < -0.3 is 10.1 Å². The first-order chi connectivity index (χ1) is 10.3. The van der Waals surface area contributed by atoms with E-state index in [-0.39, 0.29) is 16.7 Å². The number of ether oxygens (including phenoxy) is 1. The lowest BCUT2D eigenvalue weighted by Gasteiger charge is -2.24. The fourth-order valence-corrected chi connectivity index (χ4v) is 1.87. The van der Waals surface area contributed by atoms with Gasteiger partial charge in [-0.3, -0.25) is 4.79 Å². The SMILES string of the molecule is CC(C)(C)CNC(=O)C(C)(C)/C=C/CCCCOCC(C)(C)C. The summed E-state index contributed by atoms with van der Waals surface area (Å²) in [4.78, 5) is 12.2. The molecule has 0 spiro atoms. The van der Waals surface area contributed by atoms with Crippen molar-refractivity contribution >= 4 is 5.91 Å². The van der Waals surface area contributed by atoms with Gasteiger partial charge in [-0.2, -0.15) is 0 Å². The molecule has 3 heteroatoms. The van der Waals surface area contributed by atoms with Crippen LogP contribution in [0.4, 0.5) is 0 Å². The van der Waals surface area contributed by atoms with Crippen LogP contribution in [-0.2, 0) is 9.53 Å². The molecule has 0 aliphatic heterocycles. The lowest BCUT2D eigenvalue weighted by atomic mass is 9.90. The highest BCUT2D eigenvalue weighted by Crippen LogP contribution is 2.19. The highest BCUT2D eigenvalue weighted by molar-refractivity contribution is 5.83. The highest BCUT2D eigenvalue weighted by atomic mass is 16.5. The summed E-state index contributed by atoms with van der Waals surface area (Å²) in [7, 11) is 0. The molecule has 0 aromatic carbocycles. The molecule has 0 aromatic heterocycles. The molecule has 0 aromatic rings. The zero-order valence-corrected chi connectivity index (χ0v) is 16.7. The van der Waals surface area contributed by atoms with Crippen LogP contribution in [-0.4, -0.2) is 25.7 Å². The summed E-state index contributed by atoms with van der Waals surface area (Å²) < 4.78 is 5.66. The van der Waals surface area contributed by atoms with Crippen molar-refractivity contribution in [1.29, 1.82) is 0 Å². The summed E-state index contributed by atoms with van der Waals surface area (Å²) >= 11 is 0. The third kappa shape index (κ3) is 13.3. The van der Waals surface area contributed by atoms with Crippen LogP contribution in [0.25, 0.3) is 0 Å². The number of carbonyl (C=O) groups excluding carboxylic acids is 1. The second kappa shape index (κ2) is 9.46. The first-order valence-corrected chi connectivity index (χ1v) is 8.87. The molecule has 0 fully saturated rings. The summed E-state index contributed by atoms with van der Waals surface area (Å²) in [5, 5.41) is 3.04. The fraction of sp³-hybridized carbons (Fsp3) is 0.850. The van der Waals surface area contributed by atoms with Crippen LogP contribution < -0.4 is 5.32 Å². The third-order valence-electron chi connectivity index (χ3n) is 3.34. The van der Waals surface area contributed by atoms with Gasteiger partial charge in [-0.1, -0.05) is 53.7 Å². The summed E-state index contributed by atoms with van der Waals surface area (Å²) in [5.41, 5.74) is -0.0964.